The zero-order valence-electron chi connectivity index (χ0n) is 8.78. The number of nitrogens with two attached hydrogens (primary N) is 1. The van der Waals surface area contributed by atoms with Crippen LogP contribution in [-0.2, 0) is 0 Å². The second-order valence-electron chi connectivity index (χ2n) is 3.03. The molecule has 17 heavy (non-hydrogen) atoms. The van der Waals surface area contributed by atoms with Crippen LogP contribution in [-0.4, -0.2) is 31.6 Å². The highest BCUT2D eigenvalue weighted by Gasteiger charge is 2.04. The maximum Gasteiger partial charge on any atom is 0.174 e. The van der Waals surface area contributed by atoms with Gasteiger partial charge in [-0.2, -0.15) is 0 Å². The lowest BCUT2D eigenvalue weighted by molar-refractivity contribution is 1.15. The van der Waals surface area contributed by atoms with Gasteiger partial charge in [-0.3, -0.25) is 15.4 Å². The van der Waals surface area contributed by atoms with E-state index >= 15 is 0 Å². The van der Waals surface area contributed by atoms with Crippen LogP contribution in [0, 0.1) is 5.41 Å². The van der Waals surface area contributed by atoms with Gasteiger partial charge in [-0.05, 0) is 0 Å². The maximum atomic E-state index is 7.69. The van der Waals surface area contributed by atoms with Gasteiger partial charge in [0.05, 0.1) is 12.4 Å². The number of rotatable bonds is 2. The highest BCUT2D eigenvalue weighted by atomic mass is 15.0. The average Bonchev–Trinajstić information content (AvgIpc) is 2.40. The molecule has 0 spiro atoms. The van der Waals surface area contributed by atoms with Crippen molar-refractivity contribution in [3.63, 3.8) is 0 Å². The fourth-order valence-corrected chi connectivity index (χ4v) is 1.09. The Morgan fingerprint density at radius 3 is 2.12 bits per heavy atom. The van der Waals surface area contributed by atoms with Gasteiger partial charge in [0, 0.05) is 24.8 Å². The third-order valence-corrected chi connectivity index (χ3v) is 1.86. The first-order valence-corrected chi connectivity index (χ1v) is 4.73. The van der Waals surface area contributed by atoms with Gasteiger partial charge >= 0.3 is 0 Å². The molecule has 0 fully saturated rings. The van der Waals surface area contributed by atoms with Crippen LogP contribution in [0.25, 0.3) is 0 Å². The topological polar surface area (TPSA) is 114 Å². The number of amidine groups is 2. The molecule has 2 heterocycles. The molecule has 0 amide bonds. The largest absolute Gasteiger partial charge is 0.382 e. The molecule has 2 aromatic heterocycles. The van der Waals surface area contributed by atoms with Crippen molar-refractivity contribution in [2.45, 2.75) is 0 Å². The van der Waals surface area contributed by atoms with Crippen LogP contribution in [0.5, 0.6) is 0 Å². The molecule has 0 aliphatic heterocycles. The Morgan fingerprint density at radius 2 is 1.59 bits per heavy atom. The summed E-state index contributed by atoms with van der Waals surface area (Å²) in [5.74, 6) is 0.0509. The van der Waals surface area contributed by atoms with E-state index in [0.717, 1.165) is 0 Å². The third kappa shape index (κ3) is 2.65. The van der Waals surface area contributed by atoms with Gasteiger partial charge in [0.25, 0.3) is 0 Å². The molecule has 0 aromatic carbocycles. The third-order valence-electron chi connectivity index (χ3n) is 1.86. The minimum atomic E-state index is -0.0683. The van der Waals surface area contributed by atoms with E-state index in [1.807, 2.05) is 0 Å². The van der Waals surface area contributed by atoms with Crippen molar-refractivity contribution in [3.8, 4) is 0 Å². The Hall–Kier alpha value is -2.70. The van der Waals surface area contributed by atoms with Crippen molar-refractivity contribution >= 4 is 11.7 Å². The molecule has 0 bridgehead atoms. The van der Waals surface area contributed by atoms with Gasteiger partial charge in [-0.25, -0.2) is 15.0 Å². The molecule has 0 aliphatic carbocycles. The first-order chi connectivity index (χ1) is 8.27. The Bertz CT molecular complexity index is 535. The number of hydrogen-bond donors (Lipinski definition) is 2. The Morgan fingerprint density at radius 1 is 1.00 bits per heavy atom. The van der Waals surface area contributed by atoms with Gasteiger partial charge in [-0.15, -0.1) is 0 Å². The van der Waals surface area contributed by atoms with Crippen molar-refractivity contribution in [3.05, 3.63) is 48.6 Å². The SMILES string of the molecule is N=C(N=C(N)c1cnccn1)c1cnccn1. The molecule has 2 rings (SSSR count). The number of nitrogens with one attached hydrogen (secondary N) is 1. The molecular formula is C10H9N7. The summed E-state index contributed by atoms with van der Waals surface area (Å²) in [4.78, 5) is 19.5. The van der Waals surface area contributed by atoms with Crippen LogP contribution in [0.15, 0.2) is 42.2 Å². The van der Waals surface area contributed by atoms with E-state index in [1.54, 1.807) is 0 Å². The molecule has 0 radical (unpaired) electrons. The fourth-order valence-electron chi connectivity index (χ4n) is 1.09. The number of nitrogens with zero attached hydrogens (tertiary/aromatic N) is 5. The Balaban J connectivity index is 2.24. The maximum absolute atomic E-state index is 7.69. The van der Waals surface area contributed by atoms with Crippen molar-refractivity contribution < 1.29 is 0 Å². The molecule has 3 N–H and O–H groups in total. The van der Waals surface area contributed by atoms with Crippen LogP contribution in [0.2, 0.25) is 0 Å². The van der Waals surface area contributed by atoms with Gasteiger partial charge in [0.2, 0.25) is 0 Å². The van der Waals surface area contributed by atoms with Gasteiger partial charge < -0.3 is 5.73 Å². The first-order valence-electron chi connectivity index (χ1n) is 4.73. The van der Waals surface area contributed by atoms with Gasteiger partial charge in [0.1, 0.15) is 11.4 Å². The second-order valence-corrected chi connectivity index (χ2v) is 3.03. The molecule has 84 valence electrons. The summed E-state index contributed by atoms with van der Waals surface area (Å²) in [7, 11) is 0. The number of hydrogen-bond acceptors (Lipinski definition) is 5. The lowest BCUT2D eigenvalue weighted by atomic mass is 10.4. The lowest BCUT2D eigenvalue weighted by Gasteiger charge is -1.99. The summed E-state index contributed by atoms with van der Waals surface area (Å²) in [6.45, 7) is 0. The van der Waals surface area contributed by atoms with Crippen molar-refractivity contribution in [1.29, 1.82) is 5.41 Å². The molecule has 0 atom stereocenters. The second kappa shape index (κ2) is 4.88. The monoisotopic (exact) mass is 227 g/mol. The molecule has 7 nitrogen and oxygen atoms in total. The minimum absolute atomic E-state index is 0.0683. The molecule has 7 heteroatoms. The van der Waals surface area contributed by atoms with Gasteiger partial charge in [0.15, 0.2) is 11.7 Å². The molecule has 0 unspecified atom stereocenters. The highest BCUT2D eigenvalue weighted by molar-refractivity contribution is 6.07. The van der Waals surface area contributed by atoms with Crippen LogP contribution in [0.1, 0.15) is 11.4 Å². The number of aromatic nitrogens is 4. The summed E-state index contributed by atoms with van der Waals surface area (Å²) >= 11 is 0. The van der Waals surface area contributed by atoms with Crippen LogP contribution < -0.4 is 5.73 Å². The van der Waals surface area contributed by atoms with E-state index in [1.165, 1.54) is 37.2 Å². The summed E-state index contributed by atoms with van der Waals surface area (Å²) in [6.07, 6.45) is 8.96. The molecule has 2 aromatic rings. The van der Waals surface area contributed by atoms with Crippen molar-refractivity contribution in [2.24, 2.45) is 10.7 Å². The van der Waals surface area contributed by atoms with E-state index in [9.17, 15) is 0 Å². The predicted molar refractivity (Wildman–Crippen MR) is 61.6 cm³/mol. The molecule has 0 aliphatic rings. The smallest absolute Gasteiger partial charge is 0.174 e. The molecule has 0 saturated heterocycles. The minimum Gasteiger partial charge on any atom is -0.382 e. The normalized spacial score (nSPS) is 11.2. The molecular weight excluding hydrogens is 218 g/mol. The van der Waals surface area contributed by atoms with Crippen LogP contribution >= 0.6 is 0 Å². The Kier molecular flexibility index (Phi) is 3.10. The Labute approximate surface area is 97.0 Å². The first kappa shape index (κ1) is 10.8. The lowest BCUT2D eigenvalue weighted by Crippen LogP contribution is -2.18. The van der Waals surface area contributed by atoms with Gasteiger partial charge in [-0.1, -0.05) is 0 Å². The van der Waals surface area contributed by atoms with Crippen LogP contribution in [0.4, 0.5) is 0 Å². The number of aliphatic imine (C=N–C) groups is 1. The van der Waals surface area contributed by atoms with E-state index in [2.05, 4.69) is 24.9 Å². The summed E-state index contributed by atoms with van der Waals surface area (Å²) in [5, 5.41) is 7.69. The summed E-state index contributed by atoms with van der Waals surface area (Å²) in [5.41, 5.74) is 6.46. The quantitative estimate of drug-likeness (QED) is 0.553. The van der Waals surface area contributed by atoms with Crippen LogP contribution in [0.3, 0.4) is 0 Å². The standard InChI is InChI=1S/C10H9N7/c11-9(7-5-13-1-3-15-7)17-10(12)8-6-14-2-4-16-8/h1-6H,(H3,11,12,17). The summed E-state index contributed by atoms with van der Waals surface area (Å²) in [6, 6.07) is 0. The van der Waals surface area contributed by atoms with E-state index in [-0.39, 0.29) is 11.7 Å². The van der Waals surface area contributed by atoms with E-state index in [4.69, 9.17) is 11.1 Å². The average molecular weight is 227 g/mol. The van der Waals surface area contributed by atoms with E-state index < -0.39 is 0 Å². The fraction of sp³-hybridized carbons (Fsp3) is 0. The van der Waals surface area contributed by atoms with Crippen molar-refractivity contribution in [2.75, 3.05) is 0 Å². The van der Waals surface area contributed by atoms with Crippen molar-refractivity contribution in [1.82, 2.24) is 19.9 Å². The van der Waals surface area contributed by atoms with E-state index in [0.29, 0.717) is 11.4 Å². The predicted octanol–water partition coefficient (Wildman–Crippen LogP) is -0.00253. The highest BCUT2D eigenvalue weighted by Crippen LogP contribution is 1.96. The molecule has 0 saturated carbocycles. The zero-order valence-corrected chi connectivity index (χ0v) is 8.78. The zero-order chi connectivity index (χ0) is 12.1. The summed E-state index contributed by atoms with van der Waals surface area (Å²) < 4.78 is 0.